The highest BCUT2D eigenvalue weighted by Crippen LogP contribution is 2.45. The highest BCUT2D eigenvalue weighted by molar-refractivity contribution is 9.10. The van der Waals surface area contributed by atoms with Gasteiger partial charge in [0.1, 0.15) is 5.75 Å². The first-order chi connectivity index (χ1) is 21.3. The molecule has 0 radical (unpaired) electrons. The van der Waals surface area contributed by atoms with E-state index in [1.807, 2.05) is 60.7 Å². The molecule has 1 aliphatic heterocycles. The smallest absolute Gasteiger partial charge is 0.252 e. The average Bonchev–Trinajstić information content (AvgIpc) is 3.39. The van der Waals surface area contributed by atoms with Crippen LogP contribution in [0, 0.1) is 0 Å². The van der Waals surface area contributed by atoms with Crippen molar-refractivity contribution in [1.29, 1.82) is 0 Å². The second-order valence-electron chi connectivity index (χ2n) is 10.4. The Hall–Kier alpha value is -3.07. The lowest BCUT2D eigenvalue weighted by atomic mass is 9.82. The second kappa shape index (κ2) is 14.8. The molecule has 5 rings (SSSR count). The number of aliphatic hydroxyl groups is 1. The predicted octanol–water partition coefficient (Wildman–Crippen LogP) is 8.03. The van der Waals surface area contributed by atoms with E-state index in [1.165, 1.54) is 0 Å². The minimum Gasteiger partial charge on any atom is -0.494 e. The van der Waals surface area contributed by atoms with Crippen LogP contribution in [-0.4, -0.2) is 42.2 Å². The molecule has 0 spiro atoms. The summed E-state index contributed by atoms with van der Waals surface area (Å²) in [5.41, 5.74) is 1.69. The highest BCUT2D eigenvalue weighted by atomic mass is 79.9. The third-order valence-electron chi connectivity index (χ3n) is 7.30. The Labute approximate surface area is 280 Å². The number of carbonyl (C=O) groups is 1. The fraction of sp³-hybridized carbons (Fsp3) is 0.235. The van der Waals surface area contributed by atoms with E-state index in [9.17, 15) is 4.79 Å². The molecule has 6 nitrogen and oxygen atoms in total. The molecule has 228 valence electrons. The molecule has 1 heterocycles. The number of aliphatic imine (C=N–C) groups is 1. The maximum absolute atomic E-state index is 14.4. The summed E-state index contributed by atoms with van der Waals surface area (Å²) in [5.74, 6) is 0.653. The Bertz CT molecular complexity index is 1630. The van der Waals surface area contributed by atoms with Gasteiger partial charge < -0.3 is 19.9 Å². The zero-order valence-electron chi connectivity index (χ0n) is 23.6. The van der Waals surface area contributed by atoms with Crippen LogP contribution in [0.4, 0.5) is 0 Å². The highest BCUT2D eigenvalue weighted by Gasteiger charge is 2.53. The molecule has 0 aliphatic carbocycles. The van der Waals surface area contributed by atoms with E-state index in [-0.39, 0.29) is 18.9 Å². The van der Waals surface area contributed by atoms with E-state index in [0.29, 0.717) is 63.8 Å². The molecule has 0 fully saturated rings. The molecule has 1 aliphatic rings. The minimum atomic E-state index is -1.41. The first-order valence-corrected chi connectivity index (χ1v) is 16.0. The van der Waals surface area contributed by atoms with E-state index >= 15 is 0 Å². The van der Waals surface area contributed by atoms with Crippen molar-refractivity contribution >= 4 is 62.5 Å². The molecule has 10 heteroatoms. The Kier molecular flexibility index (Phi) is 10.9. The quantitative estimate of drug-likeness (QED) is 0.146. The molecule has 2 atom stereocenters. The number of nitrogens with one attached hydrogen (secondary N) is 1. The van der Waals surface area contributed by atoms with Crippen molar-refractivity contribution in [2.24, 2.45) is 4.99 Å². The summed E-state index contributed by atoms with van der Waals surface area (Å²) < 4.78 is 13.2. The van der Waals surface area contributed by atoms with Crippen molar-refractivity contribution in [2.75, 3.05) is 19.8 Å². The van der Waals surface area contributed by atoms with E-state index in [0.717, 1.165) is 15.6 Å². The van der Waals surface area contributed by atoms with Gasteiger partial charge in [-0.05, 0) is 72.1 Å². The van der Waals surface area contributed by atoms with Gasteiger partial charge in [0, 0.05) is 56.7 Å². The maximum Gasteiger partial charge on any atom is 0.252 e. The summed E-state index contributed by atoms with van der Waals surface area (Å²) in [5, 5.41) is 13.6. The van der Waals surface area contributed by atoms with Crippen molar-refractivity contribution in [3.8, 4) is 5.75 Å². The standard InChI is InChI=1S/C34H30BrCl3N2O4/c35-25-10-6-22(7-11-25)21-34(33(42)39-17-16-23-4-1-2-5-29(23)37)31(28-15-12-26(36)20-30(28)38)44-32(40-34)24-8-13-27(14-9-24)43-19-3-18-41/h1-2,4-15,20,31,41H,3,16-19,21H2,(H,39,42)/t31-,34-/m1/s1. The van der Waals surface area contributed by atoms with E-state index < -0.39 is 11.6 Å². The van der Waals surface area contributed by atoms with E-state index in [4.69, 9.17) is 54.4 Å². The molecule has 0 unspecified atom stereocenters. The van der Waals surface area contributed by atoms with Gasteiger partial charge in [-0.25, -0.2) is 4.99 Å². The van der Waals surface area contributed by atoms with Gasteiger partial charge in [0.2, 0.25) is 5.90 Å². The first-order valence-electron chi connectivity index (χ1n) is 14.1. The normalized spacial score (nSPS) is 17.6. The molecule has 4 aromatic carbocycles. The van der Waals surface area contributed by atoms with Gasteiger partial charge in [0.15, 0.2) is 11.6 Å². The van der Waals surface area contributed by atoms with Crippen LogP contribution in [0.3, 0.4) is 0 Å². The lowest BCUT2D eigenvalue weighted by Crippen LogP contribution is -2.50. The molecule has 4 aromatic rings. The van der Waals surface area contributed by atoms with Crippen LogP contribution in [0.25, 0.3) is 0 Å². The summed E-state index contributed by atoms with van der Waals surface area (Å²) in [4.78, 5) is 19.5. The summed E-state index contributed by atoms with van der Waals surface area (Å²) in [7, 11) is 0. The van der Waals surface area contributed by atoms with Gasteiger partial charge in [-0.2, -0.15) is 0 Å². The lowest BCUT2D eigenvalue weighted by molar-refractivity contribution is -0.128. The summed E-state index contributed by atoms with van der Waals surface area (Å²) >= 11 is 22.9. The number of nitrogens with zero attached hydrogens (tertiary/aromatic N) is 1. The molecule has 0 aromatic heterocycles. The molecule has 44 heavy (non-hydrogen) atoms. The predicted molar refractivity (Wildman–Crippen MR) is 179 cm³/mol. The van der Waals surface area contributed by atoms with Crippen molar-refractivity contribution < 1.29 is 19.4 Å². The number of carbonyl (C=O) groups excluding carboxylic acids is 1. The third kappa shape index (κ3) is 7.59. The zero-order valence-corrected chi connectivity index (χ0v) is 27.5. The molecule has 0 saturated heterocycles. The average molecular weight is 717 g/mol. The number of ether oxygens (including phenoxy) is 2. The van der Waals surface area contributed by atoms with Gasteiger partial charge >= 0.3 is 0 Å². The van der Waals surface area contributed by atoms with E-state index in [2.05, 4.69) is 21.2 Å². The van der Waals surface area contributed by atoms with Gasteiger partial charge in [0.25, 0.3) is 5.91 Å². The number of amides is 1. The molecular formula is C34H30BrCl3N2O4. The Morgan fingerprint density at radius 2 is 1.73 bits per heavy atom. The van der Waals surface area contributed by atoms with Crippen LogP contribution in [0.5, 0.6) is 5.75 Å². The largest absolute Gasteiger partial charge is 0.494 e. The van der Waals surface area contributed by atoms with Crippen LogP contribution in [-0.2, 0) is 22.4 Å². The zero-order chi connectivity index (χ0) is 31.1. The van der Waals surface area contributed by atoms with Crippen molar-refractivity contribution in [3.63, 3.8) is 0 Å². The summed E-state index contributed by atoms with van der Waals surface area (Å²) in [6.45, 7) is 0.795. The number of hydrogen-bond acceptors (Lipinski definition) is 5. The van der Waals surface area contributed by atoms with Crippen LogP contribution in [0.1, 0.15) is 34.8 Å². The van der Waals surface area contributed by atoms with Gasteiger partial charge in [-0.3, -0.25) is 4.79 Å². The van der Waals surface area contributed by atoms with E-state index in [1.54, 1.807) is 30.3 Å². The van der Waals surface area contributed by atoms with Gasteiger partial charge in [-0.1, -0.05) is 87.1 Å². The Morgan fingerprint density at radius 3 is 2.43 bits per heavy atom. The molecule has 2 N–H and O–H groups in total. The van der Waals surface area contributed by atoms with Crippen molar-refractivity contribution in [2.45, 2.75) is 30.9 Å². The monoisotopic (exact) mass is 714 g/mol. The molecule has 0 saturated carbocycles. The maximum atomic E-state index is 14.4. The number of halogens is 4. The SMILES string of the molecule is O=C(NCCc1ccccc1Cl)[C@]1(Cc2ccc(Br)cc2)N=C(c2ccc(OCCCO)cc2)O[C@@H]1c1ccc(Cl)cc1Cl. The Morgan fingerprint density at radius 1 is 0.977 bits per heavy atom. The van der Waals surface area contributed by atoms with Crippen LogP contribution in [0.15, 0.2) is 100 Å². The number of rotatable bonds is 12. The van der Waals surface area contributed by atoms with Crippen LogP contribution < -0.4 is 10.1 Å². The Balaban J connectivity index is 1.54. The topological polar surface area (TPSA) is 80.2 Å². The van der Waals surface area contributed by atoms with Gasteiger partial charge in [-0.15, -0.1) is 0 Å². The number of benzene rings is 4. The summed E-state index contributed by atoms with van der Waals surface area (Å²) in [6.07, 6.45) is 0.465. The molecule has 0 bridgehead atoms. The van der Waals surface area contributed by atoms with Gasteiger partial charge in [0.05, 0.1) is 6.61 Å². The van der Waals surface area contributed by atoms with Crippen molar-refractivity contribution in [1.82, 2.24) is 5.32 Å². The first kappa shape index (κ1) is 32.3. The molecular weight excluding hydrogens is 687 g/mol. The lowest BCUT2D eigenvalue weighted by Gasteiger charge is -2.31. The van der Waals surface area contributed by atoms with Crippen molar-refractivity contribution in [3.05, 3.63) is 133 Å². The second-order valence-corrected chi connectivity index (χ2v) is 12.5. The van der Waals surface area contributed by atoms with Crippen LogP contribution in [0.2, 0.25) is 15.1 Å². The number of hydrogen-bond donors (Lipinski definition) is 2. The third-order valence-corrected chi connectivity index (χ3v) is 8.76. The molecule has 1 amide bonds. The van der Waals surface area contributed by atoms with Crippen LogP contribution >= 0.6 is 50.7 Å². The fourth-order valence-electron chi connectivity index (χ4n) is 5.05. The summed E-state index contributed by atoms with van der Waals surface area (Å²) in [6, 6.07) is 27.7. The number of aliphatic hydroxyl groups excluding tert-OH is 1. The minimum absolute atomic E-state index is 0.0538. The fourth-order valence-corrected chi connectivity index (χ4v) is 6.05.